The van der Waals surface area contributed by atoms with E-state index in [1.165, 1.54) is 0 Å². The zero-order chi connectivity index (χ0) is 19.2. The van der Waals surface area contributed by atoms with E-state index in [9.17, 15) is 9.59 Å². The van der Waals surface area contributed by atoms with Crippen LogP contribution < -0.4 is 20.7 Å². The molecule has 0 bridgehead atoms. The van der Waals surface area contributed by atoms with E-state index in [1.807, 2.05) is 30.4 Å². The third-order valence-corrected chi connectivity index (χ3v) is 5.62. The Morgan fingerprint density at radius 2 is 2.00 bits per heavy atom. The summed E-state index contributed by atoms with van der Waals surface area (Å²) in [5, 5.41) is 8.00. The molecule has 2 aliphatic heterocycles. The van der Waals surface area contributed by atoms with Crippen molar-refractivity contribution in [1.82, 2.24) is 0 Å². The maximum Gasteiger partial charge on any atom is 0.291 e. The van der Waals surface area contributed by atoms with Crippen molar-refractivity contribution >= 4 is 23.2 Å². The number of rotatable bonds is 3. The molecule has 0 radical (unpaired) electrons. The number of quaternary nitrogens is 1. The lowest BCUT2D eigenvalue weighted by Gasteiger charge is -2.25. The Bertz CT molecular complexity index is 909. The molecule has 140 valence electrons. The largest absolute Gasteiger partial charge is 0.497 e. The molecule has 6 heteroatoms. The van der Waals surface area contributed by atoms with Crippen molar-refractivity contribution in [3.05, 3.63) is 53.6 Å². The summed E-state index contributed by atoms with van der Waals surface area (Å²) in [5.41, 5.74) is 2.58. The Morgan fingerprint density at radius 3 is 2.70 bits per heavy atom. The van der Waals surface area contributed by atoms with Gasteiger partial charge in [-0.15, -0.1) is 0 Å². The van der Waals surface area contributed by atoms with Gasteiger partial charge in [-0.3, -0.25) is 9.59 Å². The van der Waals surface area contributed by atoms with Gasteiger partial charge in [0.1, 0.15) is 11.7 Å². The van der Waals surface area contributed by atoms with Crippen molar-refractivity contribution in [2.24, 2.45) is 5.92 Å². The molecular formula is C21H24N3O3+. The van der Waals surface area contributed by atoms with E-state index < -0.39 is 11.5 Å². The number of hydrogen-bond donors (Lipinski definition) is 3. The molecule has 2 heterocycles. The second kappa shape index (κ2) is 6.39. The minimum atomic E-state index is -0.905. The summed E-state index contributed by atoms with van der Waals surface area (Å²) in [5.74, 6) is 0.0390. The Balaban J connectivity index is 1.68. The van der Waals surface area contributed by atoms with Gasteiger partial charge in [0.15, 0.2) is 0 Å². The highest BCUT2D eigenvalue weighted by atomic mass is 16.5. The van der Waals surface area contributed by atoms with Crippen molar-refractivity contribution in [2.45, 2.75) is 31.8 Å². The second-order valence-electron chi connectivity index (χ2n) is 7.52. The highest BCUT2D eigenvalue weighted by Crippen LogP contribution is 2.43. The molecule has 1 fully saturated rings. The summed E-state index contributed by atoms with van der Waals surface area (Å²) in [7, 11) is 1.60. The molecule has 0 aromatic heterocycles. The van der Waals surface area contributed by atoms with Crippen molar-refractivity contribution in [2.75, 3.05) is 17.7 Å². The second-order valence-corrected chi connectivity index (χ2v) is 7.52. The lowest BCUT2D eigenvalue weighted by Crippen LogP contribution is -2.97. The first-order valence-corrected chi connectivity index (χ1v) is 9.17. The first-order valence-electron chi connectivity index (χ1n) is 9.17. The van der Waals surface area contributed by atoms with E-state index in [4.69, 9.17) is 4.74 Å². The molecule has 2 aliphatic rings. The smallest absolute Gasteiger partial charge is 0.291 e. The number of methoxy groups -OCH3 is 1. The summed E-state index contributed by atoms with van der Waals surface area (Å²) in [6.07, 6.45) is 0.642. The molecule has 6 nitrogen and oxygen atoms in total. The Hall–Kier alpha value is -2.86. The van der Waals surface area contributed by atoms with Gasteiger partial charge in [0.05, 0.1) is 18.8 Å². The average Bonchev–Trinajstić information content (AvgIpc) is 3.14. The minimum Gasteiger partial charge on any atom is -0.497 e. The van der Waals surface area contributed by atoms with E-state index in [1.54, 1.807) is 31.4 Å². The number of carbonyl (C=O) groups excluding carboxylic acids is 2. The molecule has 4 rings (SSSR count). The Kier molecular flexibility index (Phi) is 4.15. The fraction of sp³-hybridized carbons (Fsp3) is 0.333. The number of fused-ring (bicyclic) bond motifs is 2. The third kappa shape index (κ3) is 2.77. The number of anilines is 2. The van der Waals surface area contributed by atoms with Crippen LogP contribution >= 0.6 is 0 Å². The average molecular weight is 366 g/mol. The van der Waals surface area contributed by atoms with Gasteiger partial charge in [0.25, 0.3) is 5.91 Å². The first kappa shape index (κ1) is 17.5. The predicted molar refractivity (Wildman–Crippen MR) is 103 cm³/mol. The van der Waals surface area contributed by atoms with Crippen molar-refractivity contribution in [3.63, 3.8) is 0 Å². The van der Waals surface area contributed by atoms with Crippen LogP contribution in [0.4, 0.5) is 11.4 Å². The first-order chi connectivity index (χ1) is 12.9. The number of ether oxygens (including phenoxy) is 1. The van der Waals surface area contributed by atoms with Gasteiger partial charge in [0, 0.05) is 17.7 Å². The maximum atomic E-state index is 13.2. The molecule has 3 atom stereocenters. The highest BCUT2D eigenvalue weighted by molar-refractivity contribution is 6.09. The number of carbonyl (C=O) groups is 2. The predicted octanol–water partition coefficient (Wildman–Crippen LogP) is 1.76. The summed E-state index contributed by atoms with van der Waals surface area (Å²) in [6, 6.07) is 13.3. The summed E-state index contributed by atoms with van der Waals surface area (Å²) in [4.78, 5) is 26.2. The van der Waals surface area contributed by atoms with Gasteiger partial charge in [-0.05, 0) is 50.2 Å². The van der Waals surface area contributed by atoms with Crippen LogP contribution in [-0.2, 0) is 15.1 Å². The van der Waals surface area contributed by atoms with Gasteiger partial charge < -0.3 is 20.7 Å². The number of aryl methyl sites for hydroxylation is 1. The maximum absolute atomic E-state index is 13.2. The quantitative estimate of drug-likeness (QED) is 0.774. The van der Waals surface area contributed by atoms with Gasteiger partial charge in [-0.1, -0.05) is 11.6 Å². The van der Waals surface area contributed by atoms with Crippen LogP contribution in [0.1, 0.15) is 24.5 Å². The topological polar surface area (TPSA) is 84.0 Å². The van der Waals surface area contributed by atoms with Crippen LogP contribution in [-0.4, -0.2) is 25.0 Å². The van der Waals surface area contributed by atoms with E-state index in [-0.39, 0.29) is 17.9 Å². The van der Waals surface area contributed by atoms with Crippen LogP contribution in [0.15, 0.2) is 42.5 Å². The molecule has 1 spiro atoms. The zero-order valence-corrected chi connectivity index (χ0v) is 15.7. The number of hydrogen-bond acceptors (Lipinski definition) is 3. The van der Waals surface area contributed by atoms with Gasteiger partial charge >= 0.3 is 0 Å². The van der Waals surface area contributed by atoms with E-state index in [2.05, 4.69) is 17.6 Å². The SMILES string of the molecule is COc1ccc(NC(=O)[C@H]2C[C@H](C)[NH2+][C@]23C(=O)Nc2ccc(C)cc23)cc1. The molecule has 2 aromatic carbocycles. The van der Waals surface area contributed by atoms with Crippen molar-refractivity contribution in [1.29, 1.82) is 0 Å². The molecule has 0 saturated carbocycles. The molecule has 1 saturated heterocycles. The molecule has 0 aliphatic carbocycles. The number of nitrogens with two attached hydrogens (primary N) is 1. The minimum absolute atomic E-state index is 0.109. The van der Waals surface area contributed by atoms with E-state index in [0.29, 0.717) is 12.1 Å². The molecule has 2 amide bonds. The number of amides is 2. The monoisotopic (exact) mass is 366 g/mol. The molecule has 27 heavy (non-hydrogen) atoms. The Morgan fingerprint density at radius 1 is 1.26 bits per heavy atom. The van der Waals surface area contributed by atoms with Gasteiger partial charge in [0.2, 0.25) is 11.4 Å². The summed E-state index contributed by atoms with van der Waals surface area (Å²) < 4.78 is 5.16. The normalized spacial score (nSPS) is 26.0. The zero-order valence-electron chi connectivity index (χ0n) is 15.7. The van der Waals surface area contributed by atoms with E-state index >= 15 is 0 Å². The van der Waals surface area contributed by atoms with Crippen molar-refractivity contribution < 1.29 is 19.6 Å². The highest BCUT2D eigenvalue weighted by Gasteiger charge is 2.63. The fourth-order valence-electron chi connectivity index (χ4n) is 4.38. The molecule has 2 aromatic rings. The van der Waals surface area contributed by atoms with Crippen molar-refractivity contribution in [3.8, 4) is 5.75 Å². The fourth-order valence-corrected chi connectivity index (χ4v) is 4.38. The summed E-state index contributed by atoms with van der Waals surface area (Å²) >= 11 is 0. The number of benzene rings is 2. The van der Waals surface area contributed by atoms with Gasteiger partial charge in [-0.25, -0.2) is 0 Å². The van der Waals surface area contributed by atoms with Crippen LogP contribution in [0.2, 0.25) is 0 Å². The summed E-state index contributed by atoms with van der Waals surface area (Å²) in [6.45, 7) is 4.06. The lowest BCUT2D eigenvalue weighted by molar-refractivity contribution is -0.729. The third-order valence-electron chi connectivity index (χ3n) is 5.62. The van der Waals surface area contributed by atoms with Crippen LogP contribution in [0.25, 0.3) is 0 Å². The van der Waals surface area contributed by atoms with Crippen LogP contribution in [0, 0.1) is 12.8 Å². The van der Waals surface area contributed by atoms with E-state index in [0.717, 1.165) is 22.6 Å². The lowest BCUT2D eigenvalue weighted by atomic mass is 9.79. The Labute approximate surface area is 158 Å². The standard InChI is InChI=1S/C21H23N3O3/c1-12-4-9-18-16(10-12)21(20(26)23-18)17(11-13(2)24-21)19(25)22-14-5-7-15(27-3)8-6-14/h4-10,13,17,24H,11H2,1-3H3,(H,22,25)(H,23,26)/p+1/t13-,17+,21-/m0/s1. The van der Waals surface area contributed by atoms with Crippen LogP contribution in [0.5, 0.6) is 5.75 Å². The molecule has 0 unspecified atom stereocenters. The molecule has 4 N–H and O–H groups in total. The molecular weight excluding hydrogens is 342 g/mol. The number of nitrogens with one attached hydrogen (secondary N) is 2. The van der Waals surface area contributed by atoms with Gasteiger partial charge in [-0.2, -0.15) is 0 Å². The van der Waals surface area contributed by atoms with Crippen LogP contribution in [0.3, 0.4) is 0 Å².